The molecule has 4 aromatic rings. The summed E-state index contributed by atoms with van der Waals surface area (Å²) < 4.78 is 5.09. The molecule has 2 aromatic heterocycles. The van der Waals surface area contributed by atoms with E-state index in [1.807, 2.05) is 65.2 Å². The van der Waals surface area contributed by atoms with Crippen molar-refractivity contribution < 1.29 is 4.79 Å². The molecule has 0 fully saturated rings. The number of nitrogens with zero attached hydrogens (tertiary/aromatic N) is 5. The molecule has 2 heterocycles. The van der Waals surface area contributed by atoms with E-state index < -0.39 is 5.25 Å². The van der Waals surface area contributed by atoms with Crippen LogP contribution in [0.25, 0.3) is 11.4 Å². The highest BCUT2D eigenvalue weighted by Gasteiger charge is 2.23. The van der Waals surface area contributed by atoms with E-state index in [0.29, 0.717) is 10.9 Å². The van der Waals surface area contributed by atoms with E-state index in [0.717, 1.165) is 11.4 Å². The normalized spacial score (nSPS) is 12.0. The average molecular weight is 435 g/mol. The molecule has 1 atom stereocenters. The molecular formula is C22H22N6O2S. The van der Waals surface area contributed by atoms with E-state index in [1.165, 1.54) is 16.4 Å². The molecule has 0 saturated heterocycles. The van der Waals surface area contributed by atoms with Gasteiger partial charge in [0.1, 0.15) is 12.0 Å². The Morgan fingerprint density at radius 2 is 1.65 bits per heavy atom. The lowest BCUT2D eigenvalue weighted by Gasteiger charge is -2.12. The largest absolute Gasteiger partial charge is 0.319 e. The lowest BCUT2D eigenvalue weighted by atomic mass is 10.3. The molecule has 31 heavy (non-hydrogen) atoms. The quantitative estimate of drug-likeness (QED) is 0.471. The van der Waals surface area contributed by atoms with Crippen molar-refractivity contribution >= 4 is 23.4 Å². The van der Waals surface area contributed by atoms with Crippen LogP contribution in [-0.4, -0.2) is 35.3 Å². The van der Waals surface area contributed by atoms with Crippen LogP contribution in [0.15, 0.2) is 76.9 Å². The van der Waals surface area contributed by atoms with Gasteiger partial charge in [0, 0.05) is 12.7 Å². The first-order chi connectivity index (χ1) is 15.0. The first-order valence-corrected chi connectivity index (χ1v) is 10.6. The number of carbonyl (C=O) groups is 1. The van der Waals surface area contributed by atoms with Crippen LogP contribution in [0.5, 0.6) is 0 Å². The highest BCUT2D eigenvalue weighted by molar-refractivity contribution is 8.00. The van der Waals surface area contributed by atoms with E-state index in [4.69, 9.17) is 0 Å². The van der Waals surface area contributed by atoms with Crippen molar-refractivity contribution in [2.75, 3.05) is 5.32 Å². The van der Waals surface area contributed by atoms with Crippen molar-refractivity contribution in [3.8, 4) is 11.4 Å². The third-order valence-corrected chi connectivity index (χ3v) is 6.06. The molecule has 0 aliphatic heterocycles. The SMILES string of the molecule is Cc1c(NC(=O)C(C)Sc2nncn2-c2ccccc2)c(=O)n(-c2ccccc2)n1C. The van der Waals surface area contributed by atoms with Crippen LogP contribution < -0.4 is 10.9 Å². The Bertz CT molecular complexity index is 1260. The van der Waals surface area contributed by atoms with Gasteiger partial charge in [-0.2, -0.15) is 0 Å². The molecule has 158 valence electrons. The van der Waals surface area contributed by atoms with E-state index in [9.17, 15) is 9.59 Å². The fourth-order valence-corrected chi connectivity index (χ4v) is 4.06. The summed E-state index contributed by atoms with van der Waals surface area (Å²) in [5.41, 5.74) is 2.31. The van der Waals surface area contributed by atoms with Gasteiger partial charge >= 0.3 is 0 Å². The number of rotatable bonds is 6. The lowest BCUT2D eigenvalue weighted by Crippen LogP contribution is -2.27. The Morgan fingerprint density at radius 3 is 2.29 bits per heavy atom. The summed E-state index contributed by atoms with van der Waals surface area (Å²) >= 11 is 1.28. The Kier molecular flexibility index (Phi) is 5.77. The van der Waals surface area contributed by atoms with Crippen molar-refractivity contribution in [1.82, 2.24) is 24.1 Å². The number of nitrogens with one attached hydrogen (secondary N) is 1. The number of thioether (sulfide) groups is 1. The number of carbonyl (C=O) groups excluding carboxylic acids is 1. The highest BCUT2D eigenvalue weighted by atomic mass is 32.2. The number of hydrogen-bond acceptors (Lipinski definition) is 5. The minimum Gasteiger partial charge on any atom is -0.319 e. The standard InChI is InChI=1S/C22H22N6O2S/c1-15-19(21(30)28(26(15)3)18-12-8-5-9-13-18)24-20(29)16(2)31-22-25-23-14-27(22)17-10-6-4-7-11-17/h4-14,16H,1-3H3,(H,24,29). The van der Waals surface area contributed by atoms with E-state index in [-0.39, 0.29) is 17.2 Å². The van der Waals surface area contributed by atoms with Crippen LogP contribution in [0.1, 0.15) is 12.6 Å². The number of aromatic nitrogens is 5. The minimum atomic E-state index is -0.490. The molecule has 0 aliphatic rings. The van der Waals surface area contributed by atoms with E-state index in [1.54, 1.807) is 31.9 Å². The molecule has 1 amide bonds. The number of amides is 1. The zero-order valence-electron chi connectivity index (χ0n) is 17.4. The number of hydrogen-bond donors (Lipinski definition) is 1. The predicted molar refractivity (Wildman–Crippen MR) is 121 cm³/mol. The monoisotopic (exact) mass is 434 g/mol. The lowest BCUT2D eigenvalue weighted by molar-refractivity contribution is -0.115. The Hall–Kier alpha value is -3.59. The summed E-state index contributed by atoms with van der Waals surface area (Å²) in [5, 5.41) is 11.0. The van der Waals surface area contributed by atoms with Gasteiger partial charge in [0.15, 0.2) is 5.16 Å². The smallest absolute Gasteiger partial charge is 0.295 e. The molecule has 0 aliphatic carbocycles. The van der Waals surface area contributed by atoms with Crippen LogP contribution in [0, 0.1) is 6.92 Å². The predicted octanol–water partition coefficient (Wildman–Crippen LogP) is 3.18. The van der Waals surface area contributed by atoms with Crippen LogP contribution in [0.3, 0.4) is 0 Å². The van der Waals surface area contributed by atoms with Gasteiger partial charge in [-0.05, 0) is 38.1 Å². The van der Waals surface area contributed by atoms with Gasteiger partial charge in [-0.1, -0.05) is 48.2 Å². The van der Waals surface area contributed by atoms with Gasteiger partial charge < -0.3 is 5.32 Å². The highest BCUT2D eigenvalue weighted by Crippen LogP contribution is 2.25. The number of benzene rings is 2. The fraction of sp³-hybridized carbons (Fsp3) is 0.182. The molecule has 0 bridgehead atoms. The minimum absolute atomic E-state index is 0.272. The second kappa shape index (κ2) is 8.65. The average Bonchev–Trinajstić information content (AvgIpc) is 3.33. The van der Waals surface area contributed by atoms with Crippen molar-refractivity contribution in [1.29, 1.82) is 0 Å². The van der Waals surface area contributed by atoms with Crippen molar-refractivity contribution in [3.05, 3.63) is 83.0 Å². The van der Waals surface area contributed by atoms with Crippen LogP contribution in [0.2, 0.25) is 0 Å². The summed E-state index contributed by atoms with van der Waals surface area (Å²) in [6.07, 6.45) is 1.61. The molecule has 0 saturated carbocycles. The Labute approximate surface area is 183 Å². The van der Waals surface area contributed by atoms with Crippen molar-refractivity contribution in [3.63, 3.8) is 0 Å². The molecule has 2 aromatic carbocycles. The Balaban J connectivity index is 1.55. The second-order valence-electron chi connectivity index (χ2n) is 7.00. The summed E-state index contributed by atoms with van der Waals surface area (Å²) in [7, 11) is 1.79. The first kappa shape index (κ1) is 20.7. The number of para-hydroxylation sites is 2. The van der Waals surface area contributed by atoms with E-state index in [2.05, 4.69) is 15.5 Å². The molecule has 1 N–H and O–H groups in total. The van der Waals surface area contributed by atoms with Gasteiger partial charge in [0.25, 0.3) is 5.56 Å². The third kappa shape index (κ3) is 4.04. The maximum Gasteiger partial charge on any atom is 0.295 e. The molecular weight excluding hydrogens is 412 g/mol. The Morgan fingerprint density at radius 1 is 1.03 bits per heavy atom. The van der Waals surface area contributed by atoms with Gasteiger partial charge in [0.2, 0.25) is 5.91 Å². The molecule has 1 unspecified atom stereocenters. The maximum atomic E-state index is 13.0. The fourth-order valence-electron chi connectivity index (χ4n) is 3.22. The van der Waals surface area contributed by atoms with Gasteiger partial charge in [-0.3, -0.25) is 18.8 Å². The number of anilines is 1. The molecule has 8 nitrogen and oxygen atoms in total. The van der Waals surface area contributed by atoms with Crippen LogP contribution in [0.4, 0.5) is 5.69 Å². The molecule has 4 rings (SSSR count). The summed E-state index contributed by atoms with van der Waals surface area (Å²) in [6, 6.07) is 19.0. The third-order valence-electron chi connectivity index (χ3n) is 5.00. The summed E-state index contributed by atoms with van der Waals surface area (Å²) in [6.45, 7) is 3.58. The second-order valence-corrected chi connectivity index (χ2v) is 8.31. The first-order valence-electron chi connectivity index (χ1n) is 9.74. The van der Waals surface area contributed by atoms with Crippen LogP contribution in [-0.2, 0) is 11.8 Å². The van der Waals surface area contributed by atoms with Gasteiger partial charge in [0.05, 0.1) is 16.6 Å². The van der Waals surface area contributed by atoms with Crippen molar-refractivity contribution in [2.24, 2.45) is 7.05 Å². The zero-order valence-corrected chi connectivity index (χ0v) is 18.2. The molecule has 0 radical (unpaired) electrons. The van der Waals surface area contributed by atoms with Gasteiger partial charge in [-0.25, -0.2) is 4.68 Å². The van der Waals surface area contributed by atoms with E-state index >= 15 is 0 Å². The zero-order chi connectivity index (χ0) is 22.0. The summed E-state index contributed by atoms with van der Waals surface area (Å²) in [5.74, 6) is -0.279. The van der Waals surface area contributed by atoms with Crippen molar-refractivity contribution in [2.45, 2.75) is 24.3 Å². The van der Waals surface area contributed by atoms with Crippen LogP contribution >= 0.6 is 11.8 Å². The molecule has 9 heteroatoms. The topological polar surface area (TPSA) is 86.7 Å². The van der Waals surface area contributed by atoms with Gasteiger partial charge in [-0.15, -0.1) is 10.2 Å². The molecule has 0 spiro atoms. The summed E-state index contributed by atoms with van der Waals surface area (Å²) in [4.78, 5) is 25.9. The maximum absolute atomic E-state index is 13.0.